The first-order valence-corrected chi connectivity index (χ1v) is 16.1. The van der Waals surface area contributed by atoms with Gasteiger partial charge in [-0.25, -0.2) is 0 Å². The molecule has 2 aliphatic heterocycles. The minimum atomic E-state index is -0.474. The number of nitrogens with two attached hydrogens (primary N) is 2. The van der Waals surface area contributed by atoms with Gasteiger partial charge < -0.3 is 31.9 Å². The molecule has 4 amide bonds. The third kappa shape index (κ3) is 9.89. The molecule has 10 heteroatoms. The summed E-state index contributed by atoms with van der Waals surface area (Å²) in [5.41, 5.74) is 15.5. The molecule has 2 heterocycles. The number of nitrogens with one attached hydrogen (secondary N) is 2. The first-order valence-electron chi connectivity index (χ1n) is 16.1. The van der Waals surface area contributed by atoms with Gasteiger partial charge in [0.15, 0.2) is 0 Å². The Morgan fingerprint density at radius 2 is 0.977 bits per heavy atom. The number of benzene rings is 2. The standard InChI is InChI=1S/C34H48N6O4/c35-21-25-11-15-27(16-12-25)23-39-19-5-7-29(33(39)43)37-31(41)9-3-1-2-4-10-32(42)38-30-8-6-20-40(34(30)44)24-28-17-13-26(22-36)14-18-28/h11-18,29-30H,1-10,19-24,35-36H2,(H,37,41)(H,38,42). The number of carbonyl (C=O) groups is 4. The number of nitrogens with zero attached hydrogens (tertiary/aromatic N) is 2. The highest BCUT2D eigenvalue weighted by molar-refractivity contribution is 5.89. The van der Waals surface area contributed by atoms with Crippen molar-refractivity contribution < 1.29 is 19.2 Å². The van der Waals surface area contributed by atoms with Crippen molar-refractivity contribution in [3.63, 3.8) is 0 Å². The van der Waals surface area contributed by atoms with Gasteiger partial charge in [-0.3, -0.25) is 19.2 Å². The van der Waals surface area contributed by atoms with E-state index in [-0.39, 0.29) is 23.6 Å². The summed E-state index contributed by atoms with van der Waals surface area (Å²) in [6.07, 6.45) is 6.79. The SMILES string of the molecule is NCc1ccc(CN2CCCC(NC(=O)CCCCCCC(=O)NC3CCCN(Cc4ccc(CN)cc4)C3=O)C2=O)cc1. The van der Waals surface area contributed by atoms with Crippen LogP contribution in [-0.2, 0) is 45.4 Å². The summed E-state index contributed by atoms with van der Waals surface area (Å²) in [6.45, 7) is 3.41. The zero-order valence-corrected chi connectivity index (χ0v) is 25.8. The molecule has 238 valence electrons. The van der Waals surface area contributed by atoms with Crippen molar-refractivity contribution in [3.8, 4) is 0 Å². The van der Waals surface area contributed by atoms with Crippen LogP contribution < -0.4 is 22.1 Å². The summed E-state index contributed by atoms with van der Waals surface area (Å²) in [7, 11) is 0. The van der Waals surface area contributed by atoms with Gasteiger partial charge in [0.1, 0.15) is 12.1 Å². The molecule has 2 fully saturated rings. The molecular weight excluding hydrogens is 556 g/mol. The highest BCUT2D eigenvalue weighted by Gasteiger charge is 2.31. The molecule has 4 rings (SSSR count). The van der Waals surface area contributed by atoms with E-state index >= 15 is 0 Å². The summed E-state index contributed by atoms with van der Waals surface area (Å²) < 4.78 is 0. The Hall–Kier alpha value is -3.76. The van der Waals surface area contributed by atoms with E-state index in [2.05, 4.69) is 10.6 Å². The summed E-state index contributed by atoms with van der Waals surface area (Å²) in [6, 6.07) is 14.9. The van der Waals surface area contributed by atoms with Crippen molar-refractivity contribution in [2.75, 3.05) is 13.1 Å². The van der Waals surface area contributed by atoms with E-state index in [1.54, 1.807) is 0 Å². The second-order valence-electron chi connectivity index (χ2n) is 12.0. The smallest absolute Gasteiger partial charge is 0.245 e. The molecule has 6 N–H and O–H groups in total. The van der Waals surface area contributed by atoms with Gasteiger partial charge in [0.05, 0.1) is 0 Å². The Kier molecular flexibility index (Phi) is 12.7. The van der Waals surface area contributed by atoms with Crippen LogP contribution in [0.4, 0.5) is 0 Å². The second kappa shape index (κ2) is 16.9. The van der Waals surface area contributed by atoms with Gasteiger partial charge in [0.25, 0.3) is 0 Å². The lowest BCUT2D eigenvalue weighted by atomic mass is 10.0. The number of carbonyl (C=O) groups excluding carboxylic acids is 4. The number of likely N-dealkylation sites (tertiary alicyclic amines) is 2. The molecule has 2 aromatic rings. The van der Waals surface area contributed by atoms with Gasteiger partial charge in [0.2, 0.25) is 23.6 Å². The zero-order valence-electron chi connectivity index (χ0n) is 25.8. The van der Waals surface area contributed by atoms with Gasteiger partial charge >= 0.3 is 0 Å². The molecule has 2 atom stereocenters. The van der Waals surface area contributed by atoms with Crippen molar-refractivity contribution in [2.45, 2.75) is 102 Å². The van der Waals surface area contributed by atoms with E-state index < -0.39 is 12.1 Å². The Balaban J connectivity index is 1.08. The first-order chi connectivity index (χ1) is 21.4. The van der Waals surface area contributed by atoms with Crippen LogP contribution in [0.2, 0.25) is 0 Å². The molecule has 0 saturated carbocycles. The minimum Gasteiger partial charge on any atom is -0.344 e. The summed E-state index contributed by atoms with van der Waals surface area (Å²) in [5, 5.41) is 5.87. The van der Waals surface area contributed by atoms with Gasteiger partial charge in [-0.1, -0.05) is 61.4 Å². The molecule has 2 unspecified atom stereocenters. The molecule has 10 nitrogen and oxygen atoms in total. The van der Waals surface area contributed by atoms with Crippen molar-refractivity contribution in [2.24, 2.45) is 11.5 Å². The summed E-state index contributed by atoms with van der Waals surface area (Å²) >= 11 is 0. The highest BCUT2D eigenvalue weighted by atomic mass is 16.2. The summed E-state index contributed by atoms with van der Waals surface area (Å²) in [4.78, 5) is 54.7. The van der Waals surface area contributed by atoms with Crippen LogP contribution in [0.1, 0.15) is 86.5 Å². The van der Waals surface area contributed by atoms with E-state index in [4.69, 9.17) is 11.5 Å². The van der Waals surface area contributed by atoms with Crippen LogP contribution in [0.15, 0.2) is 48.5 Å². The maximum atomic E-state index is 13.0. The normalized spacial score (nSPS) is 18.8. The fourth-order valence-electron chi connectivity index (χ4n) is 5.92. The Bertz CT molecular complexity index is 1150. The number of rotatable bonds is 15. The van der Waals surface area contributed by atoms with Crippen molar-refractivity contribution in [1.29, 1.82) is 0 Å². The molecule has 2 aromatic carbocycles. The summed E-state index contributed by atoms with van der Waals surface area (Å²) in [5.74, 6) is -0.268. The first kappa shape index (κ1) is 33.1. The van der Waals surface area contributed by atoms with Crippen LogP contribution in [0.5, 0.6) is 0 Å². The van der Waals surface area contributed by atoms with E-state index in [9.17, 15) is 19.2 Å². The van der Waals surface area contributed by atoms with E-state index in [1.807, 2.05) is 58.3 Å². The third-order valence-electron chi connectivity index (χ3n) is 8.55. The van der Waals surface area contributed by atoms with Crippen molar-refractivity contribution >= 4 is 23.6 Å². The topological polar surface area (TPSA) is 151 Å². The molecule has 0 bridgehead atoms. The van der Waals surface area contributed by atoms with Crippen LogP contribution >= 0.6 is 0 Å². The Labute approximate surface area is 260 Å². The predicted octanol–water partition coefficient (Wildman–Crippen LogP) is 2.86. The average Bonchev–Trinajstić information content (AvgIpc) is 3.03. The largest absolute Gasteiger partial charge is 0.344 e. The maximum absolute atomic E-state index is 13.0. The monoisotopic (exact) mass is 604 g/mol. The zero-order chi connectivity index (χ0) is 31.3. The van der Waals surface area contributed by atoms with Gasteiger partial charge in [-0.15, -0.1) is 0 Å². The number of amides is 4. The van der Waals surface area contributed by atoms with E-state index in [1.165, 1.54) is 0 Å². The lowest BCUT2D eigenvalue weighted by Gasteiger charge is -2.33. The third-order valence-corrected chi connectivity index (χ3v) is 8.55. The number of hydrogen-bond acceptors (Lipinski definition) is 6. The number of hydrogen-bond donors (Lipinski definition) is 4. The minimum absolute atomic E-state index is 0.0285. The lowest BCUT2D eigenvalue weighted by Crippen LogP contribution is -2.51. The molecular formula is C34H48N6O4. The van der Waals surface area contributed by atoms with Gasteiger partial charge in [-0.05, 0) is 60.8 Å². The fraction of sp³-hybridized carbons (Fsp3) is 0.529. The molecule has 0 aliphatic carbocycles. The number of unbranched alkanes of at least 4 members (excludes halogenated alkanes) is 3. The van der Waals surface area contributed by atoms with Crippen LogP contribution in [0.25, 0.3) is 0 Å². The predicted molar refractivity (Wildman–Crippen MR) is 170 cm³/mol. The highest BCUT2D eigenvalue weighted by Crippen LogP contribution is 2.18. The van der Waals surface area contributed by atoms with Crippen LogP contribution in [-0.4, -0.2) is 58.6 Å². The van der Waals surface area contributed by atoms with Gasteiger partial charge in [-0.2, -0.15) is 0 Å². The molecule has 0 aromatic heterocycles. The maximum Gasteiger partial charge on any atom is 0.245 e. The molecule has 2 saturated heterocycles. The van der Waals surface area contributed by atoms with E-state index in [0.717, 1.165) is 47.9 Å². The second-order valence-corrected chi connectivity index (χ2v) is 12.0. The van der Waals surface area contributed by atoms with Crippen molar-refractivity contribution in [3.05, 3.63) is 70.8 Å². The Morgan fingerprint density at radius 3 is 1.34 bits per heavy atom. The van der Waals surface area contributed by atoms with Gasteiger partial charge in [0, 0.05) is 52.1 Å². The van der Waals surface area contributed by atoms with Crippen LogP contribution in [0.3, 0.4) is 0 Å². The molecule has 0 radical (unpaired) electrons. The Morgan fingerprint density at radius 1 is 0.614 bits per heavy atom. The fourth-order valence-corrected chi connectivity index (χ4v) is 5.92. The molecule has 44 heavy (non-hydrogen) atoms. The van der Waals surface area contributed by atoms with E-state index in [0.29, 0.717) is 77.8 Å². The average molecular weight is 605 g/mol. The number of piperidine rings is 2. The quantitative estimate of drug-likeness (QED) is 0.230. The lowest BCUT2D eigenvalue weighted by molar-refractivity contribution is -0.139. The molecule has 0 spiro atoms. The molecule has 2 aliphatic rings. The van der Waals surface area contributed by atoms with Crippen LogP contribution in [0, 0.1) is 0 Å². The van der Waals surface area contributed by atoms with Crippen molar-refractivity contribution in [1.82, 2.24) is 20.4 Å².